The van der Waals surface area contributed by atoms with E-state index in [1.54, 1.807) is 24.3 Å². The fraction of sp³-hybridized carbons (Fsp3) is 0.353. The number of anilines is 1. The summed E-state index contributed by atoms with van der Waals surface area (Å²) in [6, 6.07) is 6.89. The Morgan fingerprint density at radius 2 is 1.96 bits per heavy atom. The van der Waals surface area contributed by atoms with Gasteiger partial charge in [-0.25, -0.2) is 4.68 Å². The zero-order valence-electron chi connectivity index (χ0n) is 13.2. The first-order valence-corrected chi connectivity index (χ1v) is 8.35. The van der Waals surface area contributed by atoms with Gasteiger partial charge in [0.25, 0.3) is 11.5 Å². The first kappa shape index (κ1) is 16.5. The van der Waals surface area contributed by atoms with Crippen molar-refractivity contribution >= 4 is 23.2 Å². The lowest BCUT2D eigenvalue weighted by Gasteiger charge is -2.24. The van der Waals surface area contributed by atoms with E-state index in [9.17, 15) is 9.59 Å². The Bertz CT molecular complexity index is 841. The second-order valence-corrected chi connectivity index (χ2v) is 6.49. The maximum atomic E-state index is 12.6. The SMILES string of the molecule is NC(=O)c1c(-c2cccc(Cl)c2)nn(C2CCCCC2)c(=O)c1N. The number of rotatable bonds is 3. The van der Waals surface area contributed by atoms with Crippen LogP contribution < -0.4 is 17.0 Å². The van der Waals surface area contributed by atoms with Crippen LogP contribution in [0.5, 0.6) is 0 Å². The fourth-order valence-electron chi connectivity index (χ4n) is 3.22. The average molecular weight is 347 g/mol. The molecule has 1 saturated carbocycles. The third-order valence-corrected chi connectivity index (χ3v) is 4.65. The van der Waals surface area contributed by atoms with Crippen LogP contribution in [0.2, 0.25) is 5.02 Å². The van der Waals surface area contributed by atoms with E-state index >= 15 is 0 Å². The molecule has 1 fully saturated rings. The van der Waals surface area contributed by atoms with Gasteiger partial charge in [-0.3, -0.25) is 9.59 Å². The van der Waals surface area contributed by atoms with Crippen molar-refractivity contribution in [1.82, 2.24) is 9.78 Å². The lowest BCUT2D eigenvalue weighted by Crippen LogP contribution is -2.34. The number of benzene rings is 1. The summed E-state index contributed by atoms with van der Waals surface area (Å²) in [5, 5.41) is 4.95. The average Bonchev–Trinajstić information content (AvgIpc) is 2.57. The van der Waals surface area contributed by atoms with Crippen molar-refractivity contribution in [3.8, 4) is 11.3 Å². The molecular weight excluding hydrogens is 328 g/mol. The number of hydrogen-bond acceptors (Lipinski definition) is 4. The summed E-state index contributed by atoms with van der Waals surface area (Å²) in [4.78, 5) is 24.4. The van der Waals surface area contributed by atoms with Crippen molar-refractivity contribution in [3.05, 3.63) is 45.2 Å². The third kappa shape index (κ3) is 3.01. The number of nitrogens with zero attached hydrogens (tertiary/aromatic N) is 2. The lowest BCUT2D eigenvalue weighted by molar-refractivity contribution is 0.100. The summed E-state index contributed by atoms with van der Waals surface area (Å²) in [6.45, 7) is 0. The first-order chi connectivity index (χ1) is 11.5. The van der Waals surface area contributed by atoms with E-state index in [1.807, 2.05) is 0 Å². The topological polar surface area (TPSA) is 104 Å². The number of nitrogens with two attached hydrogens (primary N) is 2. The van der Waals surface area contributed by atoms with Crippen molar-refractivity contribution in [2.45, 2.75) is 38.1 Å². The molecule has 7 heteroatoms. The largest absolute Gasteiger partial charge is 0.393 e. The molecule has 3 rings (SSSR count). The normalized spacial score (nSPS) is 15.4. The highest BCUT2D eigenvalue weighted by Gasteiger charge is 2.25. The van der Waals surface area contributed by atoms with Crippen LogP contribution in [0.1, 0.15) is 48.5 Å². The molecule has 2 aromatic rings. The van der Waals surface area contributed by atoms with Crippen LogP contribution in [-0.2, 0) is 0 Å². The van der Waals surface area contributed by atoms with E-state index in [1.165, 1.54) is 4.68 Å². The predicted octanol–water partition coefficient (Wildman–Crippen LogP) is 2.75. The molecule has 24 heavy (non-hydrogen) atoms. The van der Waals surface area contributed by atoms with Crippen molar-refractivity contribution in [2.75, 3.05) is 5.73 Å². The minimum Gasteiger partial charge on any atom is -0.393 e. The predicted molar refractivity (Wildman–Crippen MR) is 94.0 cm³/mol. The molecule has 1 heterocycles. The lowest BCUT2D eigenvalue weighted by atomic mass is 9.95. The van der Waals surface area contributed by atoms with Gasteiger partial charge in [0.1, 0.15) is 11.4 Å². The second-order valence-electron chi connectivity index (χ2n) is 6.05. The van der Waals surface area contributed by atoms with E-state index in [0.717, 1.165) is 32.1 Å². The van der Waals surface area contributed by atoms with E-state index < -0.39 is 11.5 Å². The van der Waals surface area contributed by atoms with E-state index in [4.69, 9.17) is 23.1 Å². The van der Waals surface area contributed by atoms with E-state index in [0.29, 0.717) is 16.3 Å². The molecule has 0 aliphatic heterocycles. The van der Waals surface area contributed by atoms with Gasteiger partial charge in [-0.2, -0.15) is 5.10 Å². The van der Waals surface area contributed by atoms with Crippen LogP contribution in [0.25, 0.3) is 11.3 Å². The van der Waals surface area contributed by atoms with Crippen molar-refractivity contribution in [3.63, 3.8) is 0 Å². The molecule has 1 amide bonds. The fourth-order valence-corrected chi connectivity index (χ4v) is 3.41. The number of amides is 1. The molecular formula is C17H19ClN4O2. The number of halogens is 1. The summed E-state index contributed by atoms with van der Waals surface area (Å²) in [5.41, 5.74) is 11.7. The molecule has 0 unspecified atom stereocenters. The van der Waals surface area contributed by atoms with Gasteiger partial charge >= 0.3 is 0 Å². The van der Waals surface area contributed by atoms with Gasteiger partial charge in [0.2, 0.25) is 0 Å². The molecule has 0 saturated heterocycles. The molecule has 6 nitrogen and oxygen atoms in total. The Hall–Kier alpha value is -2.34. The number of aromatic nitrogens is 2. The Morgan fingerprint density at radius 1 is 1.25 bits per heavy atom. The monoisotopic (exact) mass is 346 g/mol. The number of carbonyl (C=O) groups is 1. The minimum absolute atomic E-state index is 0.00610. The summed E-state index contributed by atoms with van der Waals surface area (Å²) in [6.07, 6.45) is 4.99. The molecule has 0 bridgehead atoms. The maximum absolute atomic E-state index is 12.6. The molecule has 1 aliphatic carbocycles. The minimum atomic E-state index is -0.775. The summed E-state index contributed by atoms with van der Waals surface area (Å²) < 4.78 is 1.41. The van der Waals surface area contributed by atoms with Gasteiger partial charge in [0.15, 0.2) is 0 Å². The molecule has 4 N–H and O–H groups in total. The van der Waals surface area contributed by atoms with Crippen molar-refractivity contribution in [2.24, 2.45) is 5.73 Å². The van der Waals surface area contributed by atoms with Gasteiger partial charge < -0.3 is 11.5 Å². The highest BCUT2D eigenvalue weighted by atomic mass is 35.5. The van der Waals surface area contributed by atoms with Gasteiger partial charge in [-0.1, -0.05) is 43.0 Å². The molecule has 126 valence electrons. The van der Waals surface area contributed by atoms with Gasteiger partial charge in [-0.15, -0.1) is 0 Å². The quantitative estimate of drug-likeness (QED) is 0.891. The van der Waals surface area contributed by atoms with Gasteiger partial charge in [-0.05, 0) is 25.0 Å². The summed E-state index contributed by atoms with van der Waals surface area (Å²) >= 11 is 6.04. The van der Waals surface area contributed by atoms with Crippen LogP contribution in [0.4, 0.5) is 5.69 Å². The zero-order valence-corrected chi connectivity index (χ0v) is 13.9. The number of primary amides is 1. The van der Waals surface area contributed by atoms with Crippen LogP contribution in [0.15, 0.2) is 29.1 Å². The number of hydrogen-bond donors (Lipinski definition) is 2. The molecule has 1 aromatic carbocycles. The molecule has 1 aliphatic rings. The van der Waals surface area contributed by atoms with E-state index in [-0.39, 0.29) is 17.3 Å². The first-order valence-electron chi connectivity index (χ1n) is 7.97. The van der Waals surface area contributed by atoms with Gasteiger partial charge in [0.05, 0.1) is 11.6 Å². The molecule has 0 atom stereocenters. The highest BCUT2D eigenvalue weighted by molar-refractivity contribution is 6.30. The summed E-state index contributed by atoms with van der Waals surface area (Å²) in [5.74, 6) is -0.775. The number of nitrogen functional groups attached to an aromatic ring is 1. The molecule has 0 radical (unpaired) electrons. The Morgan fingerprint density at radius 3 is 2.58 bits per heavy atom. The van der Waals surface area contributed by atoms with E-state index in [2.05, 4.69) is 5.10 Å². The van der Waals surface area contributed by atoms with Crippen LogP contribution >= 0.6 is 11.6 Å². The molecule has 1 aromatic heterocycles. The Balaban J connectivity index is 2.23. The van der Waals surface area contributed by atoms with Crippen molar-refractivity contribution < 1.29 is 4.79 Å². The molecule has 0 spiro atoms. The van der Waals surface area contributed by atoms with Crippen LogP contribution in [-0.4, -0.2) is 15.7 Å². The Kier molecular flexibility index (Phi) is 4.57. The summed E-state index contributed by atoms with van der Waals surface area (Å²) in [7, 11) is 0. The maximum Gasteiger partial charge on any atom is 0.291 e. The van der Waals surface area contributed by atoms with Crippen LogP contribution in [0.3, 0.4) is 0 Å². The van der Waals surface area contributed by atoms with Crippen LogP contribution in [0, 0.1) is 0 Å². The Labute approximate surface area is 144 Å². The standard InChI is InChI=1S/C17H19ClN4O2/c18-11-6-4-5-10(9-11)15-13(16(20)23)14(19)17(24)22(21-15)12-7-2-1-3-8-12/h4-6,9,12H,1-3,7-8,19H2,(H2,20,23). The highest BCUT2D eigenvalue weighted by Crippen LogP contribution is 2.30. The second kappa shape index (κ2) is 6.65. The smallest absolute Gasteiger partial charge is 0.291 e. The number of carbonyl (C=O) groups excluding carboxylic acids is 1. The zero-order chi connectivity index (χ0) is 17.3. The van der Waals surface area contributed by atoms with Gasteiger partial charge in [0, 0.05) is 10.6 Å². The third-order valence-electron chi connectivity index (χ3n) is 4.42. The van der Waals surface area contributed by atoms with Crippen molar-refractivity contribution in [1.29, 1.82) is 0 Å².